The summed E-state index contributed by atoms with van der Waals surface area (Å²) in [5.41, 5.74) is 0.990. The zero-order valence-electron chi connectivity index (χ0n) is 11.6. The standard InChI is InChI=1S/C14H21NO4/c1-10(6-14(16)17)8-15-9-11-7-12(18-2)4-5-13(11)19-3/h4-5,7,10,15H,6,8-9H2,1-3H3,(H,16,17). The molecule has 0 bridgehead atoms. The van der Waals surface area contributed by atoms with Gasteiger partial charge in [-0.25, -0.2) is 0 Å². The molecule has 0 radical (unpaired) electrons. The number of benzene rings is 1. The Morgan fingerprint density at radius 3 is 2.68 bits per heavy atom. The first kappa shape index (κ1) is 15.3. The van der Waals surface area contributed by atoms with Crippen LogP contribution in [0.25, 0.3) is 0 Å². The van der Waals surface area contributed by atoms with Gasteiger partial charge in [0.1, 0.15) is 11.5 Å². The summed E-state index contributed by atoms with van der Waals surface area (Å²) in [5, 5.41) is 11.9. The highest BCUT2D eigenvalue weighted by atomic mass is 16.5. The van der Waals surface area contributed by atoms with Gasteiger partial charge in [0.15, 0.2) is 0 Å². The molecule has 106 valence electrons. The van der Waals surface area contributed by atoms with Gasteiger partial charge in [-0.3, -0.25) is 4.79 Å². The molecule has 0 aliphatic rings. The van der Waals surface area contributed by atoms with Crippen LogP contribution in [0.2, 0.25) is 0 Å². The highest BCUT2D eigenvalue weighted by molar-refractivity contribution is 5.66. The van der Waals surface area contributed by atoms with Gasteiger partial charge in [-0.1, -0.05) is 6.92 Å². The van der Waals surface area contributed by atoms with Gasteiger partial charge in [-0.05, 0) is 30.7 Å². The normalized spacial score (nSPS) is 11.9. The SMILES string of the molecule is COc1ccc(OC)c(CNCC(C)CC(=O)O)c1. The second-order valence-electron chi connectivity index (χ2n) is 4.51. The summed E-state index contributed by atoms with van der Waals surface area (Å²) in [6, 6.07) is 5.61. The van der Waals surface area contributed by atoms with Crippen molar-refractivity contribution in [2.24, 2.45) is 5.92 Å². The first-order valence-corrected chi connectivity index (χ1v) is 6.20. The van der Waals surface area contributed by atoms with Gasteiger partial charge in [0.25, 0.3) is 0 Å². The number of aliphatic carboxylic acids is 1. The van der Waals surface area contributed by atoms with Gasteiger partial charge < -0.3 is 19.9 Å². The van der Waals surface area contributed by atoms with E-state index in [1.165, 1.54) is 0 Å². The number of rotatable bonds is 8. The molecule has 0 aromatic heterocycles. The molecule has 0 aliphatic heterocycles. The molecule has 0 heterocycles. The fourth-order valence-electron chi connectivity index (χ4n) is 1.84. The number of carboxylic acid groups (broad SMARTS) is 1. The van der Waals surface area contributed by atoms with Crippen molar-refractivity contribution in [2.45, 2.75) is 19.9 Å². The minimum atomic E-state index is -0.770. The maximum absolute atomic E-state index is 10.6. The average Bonchev–Trinajstić information content (AvgIpc) is 2.37. The van der Waals surface area contributed by atoms with Crippen LogP contribution >= 0.6 is 0 Å². The van der Waals surface area contributed by atoms with Crippen molar-refractivity contribution in [3.8, 4) is 11.5 Å². The van der Waals surface area contributed by atoms with Crippen molar-refractivity contribution in [3.05, 3.63) is 23.8 Å². The third-order valence-corrected chi connectivity index (χ3v) is 2.82. The van der Waals surface area contributed by atoms with E-state index < -0.39 is 5.97 Å². The summed E-state index contributed by atoms with van der Waals surface area (Å²) >= 11 is 0. The topological polar surface area (TPSA) is 67.8 Å². The van der Waals surface area contributed by atoms with E-state index in [2.05, 4.69) is 5.32 Å². The average molecular weight is 267 g/mol. The number of nitrogens with one attached hydrogen (secondary N) is 1. The van der Waals surface area contributed by atoms with Crippen LogP contribution in [0.15, 0.2) is 18.2 Å². The van der Waals surface area contributed by atoms with E-state index in [1.807, 2.05) is 25.1 Å². The first-order chi connectivity index (χ1) is 9.06. The Kier molecular flexibility index (Phi) is 6.15. The van der Waals surface area contributed by atoms with E-state index in [0.29, 0.717) is 13.1 Å². The Balaban J connectivity index is 2.54. The van der Waals surface area contributed by atoms with Gasteiger partial charge in [0, 0.05) is 18.5 Å². The Morgan fingerprint density at radius 2 is 2.11 bits per heavy atom. The molecule has 5 nitrogen and oxygen atoms in total. The van der Waals surface area contributed by atoms with Crippen LogP contribution < -0.4 is 14.8 Å². The molecular formula is C14H21NO4. The van der Waals surface area contributed by atoms with E-state index in [-0.39, 0.29) is 12.3 Å². The van der Waals surface area contributed by atoms with E-state index in [4.69, 9.17) is 14.6 Å². The zero-order valence-corrected chi connectivity index (χ0v) is 11.6. The van der Waals surface area contributed by atoms with Gasteiger partial charge in [-0.15, -0.1) is 0 Å². The van der Waals surface area contributed by atoms with E-state index in [1.54, 1.807) is 14.2 Å². The maximum atomic E-state index is 10.6. The lowest BCUT2D eigenvalue weighted by Gasteiger charge is -2.13. The van der Waals surface area contributed by atoms with Crippen LogP contribution in [-0.4, -0.2) is 31.8 Å². The lowest BCUT2D eigenvalue weighted by molar-refractivity contribution is -0.137. The molecule has 0 aliphatic carbocycles. The molecule has 0 spiro atoms. The molecule has 1 atom stereocenters. The molecule has 19 heavy (non-hydrogen) atoms. The van der Waals surface area contributed by atoms with Gasteiger partial charge in [0.2, 0.25) is 0 Å². The molecule has 1 rings (SSSR count). The predicted molar refractivity (Wildman–Crippen MR) is 72.7 cm³/mol. The Labute approximate surface area is 113 Å². The minimum absolute atomic E-state index is 0.0918. The van der Waals surface area contributed by atoms with Gasteiger partial charge >= 0.3 is 5.97 Å². The first-order valence-electron chi connectivity index (χ1n) is 6.20. The Morgan fingerprint density at radius 1 is 1.37 bits per heavy atom. The highest BCUT2D eigenvalue weighted by Gasteiger charge is 2.09. The third-order valence-electron chi connectivity index (χ3n) is 2.82. The van der Waals surface area contributed by atoms with E-state index in [9.17, 15) is 4.79 Å². The fourth-order valence-corrected chi connectivity index (χ4v) is 1.84. The van der Waals surface area contributed by atoms with Crippen LogP contribution in [0, 0.1) is 5.92 Å². The molecule has 0 fully saturated rings. The number of hydrogen-bond acceptors (Lipinski definition) is 4. The summed E-state index contributed by atoms with van der Waals surface area (Å²) in [7, 11) is 3.24. The van der Waals surface area contributed by atoms with Crippen molar-refractivity contribution in [3.63, 3.8) is 0 Å². The molecule has 2 N–H and O–H groups in total. The van der Waals surface area contributed by atoms with Crippen molar-refractivity contribution < 1.29 is 19.4 Å². The number of carboxylic acids is 1. The summed E-state index contributed by atoms with van der Waals surface area (Å²) in [5.74, 6) is 0.887. The second-order valence-corrected chi connectivity index (χ2v) is 4.51. The highest BCUT2D eigenvalue weighted by Crippen LogP contribution is 2.23. The second kappa shape index (κ2) is 7.63. The fraction of sp³-hybridized carbons (Fsp3) is 0.500. The summed E-state index contributed by atoms with van der Waals surface area (Å²) in [4.78, 5) is 10.6. The van der Waals surface area contributed by atoms with Crippen LogP contribution in [0.5, 0.6) is 11.5 Å². The zero-order chi connectivity index (χ0) is 14.3. The largest absolute Gasteiger partial charge is 0.497 e. The minimum Gasteiger partial charge on any atom is -0.497 e. The van der Waals surface area contributed by atoms with Crippen LogP contribution in [-0.2, 0) is 11.3 Å². The van der Waals surface area contributed by atoms with Crippen molar-refractivity contribution in [1.29, 1.82) is 0 Å². The quantitative estimate of drug-likeness (QED) is 0.753. The molecule has 0 saturated carbocycles. The van der Waals surface area contributed by atoms with Gasteiger partial charge in [0.05, 0.1) is 14.2 Å². The smallest absolute Gasteiger partial charge is 0.303 e. The molecular weight excluding hydrogens is 246 g/mol. The monoisotopic (exact) mass is 267 g/mol. The lowest BCUT2D eigenvalue weighted by Crippen LogP contribution is -2.22. The van der Waals surface area contributed by atoms with Crippen LogP contribution in [0.3, 0.4) is 0 Å². The predicted octanol–water partition coefficient (Wildman–Crippen LogP) is 1.90. The van der Waals surface area contributed by atoms with Crippen molar-refractivity contribution >= 4 is 5.97 Å². The molecule has 1 unspecified atom stereocenters. The van der Waals surface area contributed by atoms with Crippen LogP contribution in [0.4, 0.5) is 0 Å². The molecule has 1 aromatic carbocycles. The van der Waals surface area contributed by atoms with Crippen molar-refractivity contribution in [2.75, 3.05) is 20.8 Å². The lowest BCUT2D eigenvalue weighted by atomic mass is 10.1. The Bertz CT molecular complexity index is 420. The Hall–Kier alpha value is -1.75. The number of ether oxygens (including phenoxy) is 2. The summed E-state index contributed by atoms with van der Waals surface area (Å²) in [6.45, 7) is 3.17. The number of hydrogen-bond donors (Lipinski definition) is 2. The maximum Gasteiger partial charge on any atom is 0.303 e. The van der Waals surface area contributed by atoms with Gasteiger partial charge in [-0.2, -0.15) is 0 Å². The number of carbonyl (C=O) groups is 1. The molecule has 0 saturated heterocycles. The van der Waals surface area contributed by atoms with E-state index in [0.717, 1.165) is 17.1 Å². The van der Waals surface area contributed by atoms with Crippen LogP contribution in [0.1, 0.15) is 18.9 Å². The van der Waals surface area contributed by atoms with Crippen molar-refractivity contribution in [1.82, 2.24) is 5.32 Å². The summed E-state index contributed by atoms with van der Waals surface area (Å²) < 4.78 is 10.5. The summed E-state index contributed by atoms with van der Waals surface area (Å²) in [6.07, 6.45) is 0.169. The number of methoxy groups -OCH3 is 2. The molecule has 1 aromatic rings. The third kappa shape index (κ3) is 5.18. The van der Waals surface area contributed by atoms with E-state index >= 15 is 0 Å². The molecule has 0 amide bonds. The molecule has 5 heteroatoms.